The number of rotatable bonds is 7. The van der Waals surface area contributed by atoms with Gasteiger partial charge >= 0.3 is 0 Å². The summed E-state index contributed by atoms with van der Waals surface area (Å²) < 4.78 is 49.8. The van der Waals surface area contributed by atoms with E-state index >= 15 is 0 Å². The van der Waals surface area contributed by atoms with Crippen molar-refractivity contribution >= 4 is 10.0 Å². The molecule has 0 aromatic carbocycles. The molecule has 0 aliphatic carbocycles. The Hall–Kier alpha value is -0.270. The van der Waals surface area contributed by atoms with Crippen molar-refractivity contribution in [3.05, 3.63) is 0 Å². The van der Waals surface area contributed by atoms with Gasteiger partial charge in [0, 0.05) is 24.7 Å². The van der Waals surface area contributed by atoms with Gasteiger partial charge in [0.15, 0.2) is 0 Å². The van der Waals surface area contributed by atoms with Crippen LogP contribution in [0.15, 0.2) is 0 Å². The molecule has 4 nitrogen and oxygen atoms in total. The van der Waals surface area contributed by atoms with Crippen molar-refractivity contribution < 1.29 is 17.2 Å². The van der Waals surface area contributed by atoms with Gasteiger partial charge in [0.2, 0.25) is 10.0 Å². The minimum absolute atomic E-state index is 0.0459. The summed E-state index contributed by atoms with van der Waals surface area (Å²) in [7, 11) is -3.35. The lowest BCUT2D eigenvalue weighted by atomic mass is 10.1. The van der Waals surface area contributed by atoms with Gasteiger partial charge in [-0.1, -0.05) is 0 Å². The van der Waals surface area contributed by atoms with Gasteiger partial charge in [0.1, 0.15) is 0 Å². The first-order valence-corrected chi connectivity index (χ1v) is 8.20. The van der Waals surface area contributed by atoms with Gasteiger partial charge in [-0.05, 0) is 34.6 Å². The van der Waals surface area contributed by atoms with E-state index in [1.165, 1.54) is 4.31 Å². The average molecular weight is 300 g/mol. The first-order chi connectivity index (χ1) is 8.35. The number of nitrogens with zero attached hydrogens (tertiary/aromatic N) is 2. The number of sulfonamides is 1. The fraction of sp³-hybridized carbons (Fsp3) is 1.00. The van der Waals surface area contributed by atoms with E-state index in [0.717, 1.165) is 6.26 Å². The van der Waals surface area contributed by atoms with Gasteiger partial charge in [0.25, 0.3) is 6.43 Å². The van der Waals surface area contributed by atoms with Crippen LogP contribution in [0.4, 0.5) is 8.78 Å². The zero-order chi connectivity index (χ0) is 15.4. The van der Waals surface area contributed by atoms with E-state index in [9.17, 15) is 17.2 Å². The summed E-state index contributed by atoms with van der Waals surface area (Å²) in [6.07, 6.45) is -1.27. The van der Waals surface area contributed by atoms with Crippen LogP contribution in [0, 0.1) is 0 Å². The van der Waals surface area contributed by atoms with Crippen molar-refractivity contribution in [3.8, 4) is 0 Å². The third kappa shape index (κ3) is 7.17. The summed E-state index contributed by atoms with van der Waals surface area (Å²) >= 11 is 0. The van der Waals surface area contributed by atoms with Gasteiger partial charge < -0.3 is 0 Å². The van der Waals surface area contributed by atoms with Crippen LogP contribution in [-0.4, -0.2) is 61.5 Å². The topological polar surface area (TPSA) is 40.6 Å². The standard InChI is InChI=1S/C12H26F2N2O2S/c1-10(2)15(9-11(13)14)7-8-16(12(3,4)5)19(6,17)18/h10-11H,7-9H2,1-6H3. The Morgan fingerprint density at radius 3 is 1.84 bits per heavy atom. The van der Waals surface area contributed by atoms with E-state index in [4.69, 9.17) is 0 Å². The van der Waals surface area contributed by atoms with Crippen LogP contribution in [0.3, 0.4) is 0 Å². The summed E-state index contributed by atoms with van der Waals surface area (Å²) in [6.45, 7) is 9.20. The minimum atomic E-state index is -3.35. The Balaban J connectivity index is 4.79. The van der Waals surface area contributed by atoms with Crippen molar-refractivity contribution in [3.63, 3.8) is 0 Å². The maximum atomic E-state index is 12.5. The molecule has 116 valence electrons. The summed E-state index contributed by atoms with van der Waals surface area (Å²) in [4.78, 5) is 1.59. The van der Waals surface area contributed by atoms with Crippen molar-refractivity contribution in [1.82, 2.24) is 9.21 Å². The minimum Gasteiger partial charge on any atom is -0.294 e. The highest BCUT2D eigenvalue weighted by atomic mass is 32.2. The number of halogens is 2. The Kier molecular flexibility index (Phi) is 6.85. The molecule has 0 N–H and O–H groups in total. The van der Waals surface area contributed by atoms with Gasteiger partial charge in [-0.2, -0.15) is 4.31 Å². The lowest BCUT2D eigenvalue weighted by Crippen LogP contribution is -2.49. The predicted octanol–water partition coefficient (Wildman–Crippen LogP) is 2.02. The Bertz CT molecular complexity index is 364. The highest BCUT2D eigenvalue weighted by Crippen LogP contribution is 2.17. The smallest absolute Gasteiger partial charge is 0.251 e. The van der Waals surface area contributed by atoms with Crippen LogP contribution in [0.5, 0.6) is 0 Å². The molecule has 0 fully saturated rings. The van der Waals surface area contributed by atoms with Crippen LogP contribution in [0.25, 0.3) is 0 Å². The van der Waals surface area contributed by atoms with Crippen molar-refractivity contribution in [2.24, 2.45) is 0 Å². The number of hydrogen-bond acceptors (Lipinski definition) is 3. The third-order valence-electron chi connectivity index (χ3n) is 2.84. The number of alkyl halides is 2. The number of hydrogen-bond donors (Lipinski definition) is 0. The van der Waals surface area contributed by atoms with E-state index in [-0.39, 0.29) is 19.1 Å². The fourth-order valence-corrected chi connectivity index (χ4v) is 3.36. The molecule has 0 amide bonds. The van der Waals surface area contributed by atoms with Crippen LogP contribution in [0.2, 0.25) is 0 Å². The third-order valence-corrected chi connectivity index (χ3v) is 4.37. The largest absolute Gasteiger partial charge is 0.294 e. The molecule has 0 saturated heterocycles. The maximum absolute atomic E-state index is 12.5. The zero-order valence-electron chi connectivity index (χ0n) is 12.7. The molecule has 0 rings (SSSR count). The molecular formula is C12H26F2N2O2S. The Labute approximate surface area is 115 Å². The molecule has 0 atom stereocenters. The molecule has 0 bridgehead atoms. The van der Waals surface area contributed by atoms with E-state index in [2.05, 4.69) is 0 Å². The zero-order valence-corrected chi connectivity index (χ0v) is 13.5. The molecule has 19 heavy (non-hydrogen) atoms. The summed E-state index contributed by atoms with van der Waals surface area (Å²) in [6, 6.07) is -0.0459. The average Bonchev–Trinajstić information content (AvgIpc) is 2.10. The Morgan fingerprint density at radius 1 is 1.11 bits per heavy atom. The quantitative estimate of drug-likeness (QED) is 0.722. The lowest BCUT2D eigenvalue weighted by molar-refractivity contribution is 0.0673. The molecule has 0 unspecified atom stereocenters. The van der Waals surface area contributed by atoms with E-state index in [1.807, 2.05) is 13.8 Å². The SMILES string of the molecule is CC(C)N(CCN(C(C)(C)C)S(C)(=O)=O)CC(F)F. The molecule has 0 aromatic rings. The molecule has 0 radical (unpaired) electrons. The molecule has 0 aliphatic heterocycles. The van der Waals surface area contributed by atoms with E-state index < -0.39 is 22.0 Å². The highest BCUT2D eigenvalue weighted by Gasteiger charge is 2.30. The van der Waals surface area contributed by atoms with Crippen molar-refractivity contribution in [2.75, 3.05) is 25.9 Å². The maximum Gasteiger partial charge on any atom is 0.251 e. The highest BCUT2D eigenvalue weighted by molar-refractivity contribution is 7.88. The van der Waals surface area contributed by atoms with Gasteiger partial charge in [-0.15, -0.1) is 0 Å². The summed E-state index contributed by atoms with van der Waals surface area (Å²) in [5.74, 6) is 0. The second-order valence-electron chi connectivity index (χ2n) is 5.99. The molecule has 7 heteroatoms. The second kappa shape index (κ2) is 6.95. The van der Waals surface area contributed by atoms with E-state index in [0.29, 0.717) is 6.54 Å². The second-order valence-corrected chi connectivity index (χ2v) is 7.89. The van der Waals surface area contributed by atoms with Crippen LogP contribution < -0.4 is 0 Å². The molecule has 0 aliphatic rings. The normalized spacial score (nSPS) is 14.1. The Morgan fingerprint density at radius 2 is 1.58 bits per heavy atom. The monoisotopic (exact) mass is 300 g/mol. The van der Waals surface area contributed by atoms with E-state index in [1.54, 1.807) is 25.7 Å². The fourth-order valence-electron chi connectivity index (χ4n) is 1.96. The molecule has 0 heterocycles. The predicted molar refractivity (Wildman–Crippen MR) is 74.0 cm³/mol. The van der Waals surface area contributed by atoms with Crippen LogP contribution >= 0.6 is 0 Å². The summed E-state index contributed by atoms with van der Waals surface area (Å²) in [5.41, 5.74) is -0.555. The van der Waals surface area contributed by atoms with Gasteiger partial charge in [-0.25, -0.2) is 17.2 Å². The lowest BCUT2D eigenvalue weighted by Gasteiger charge is -2.36. The van der Waals surface area contributed by atoms with Gasteiger partial charge in [-0.3, -0.25) is 4.90 Å². The van der Waals surface area contributed by atoms with Crippen LogP contribution in [0.1, 0.15) is 34.6 Å². The summed E-state index contributed by atoms with van der Waals surface area (Å²) in [5, 5.41) is 0. The van der Waals surface area contributed by atoms with Crippen LogP contribution in [-0.2, 0) is 10.0 Å². The van der Waals surface area contributed by atoms with Gasteiger partial charge in [0.05, 0.1) is 12.8 Å². The van der Waals surface area contributed by atoms with Crippen molar-refractivity contribution in [1.29, 1.82) is 0 Å². The molecule has 0 spiro atoms. The van der Waals surface area contributed by atoms with Crippen molar-refractivity contribution in [2.45, 2.75) is 52.6 Å². The molecular weight excluding hydrogens is 274 g/mol. The first kappa shape index (κ1) is 18.7. The molecule has 0 aromatic heterocycles. The molecule has 0 saturated carbocycles. The first-order valence-electron chi connectivity index (χ1n) is 6.35.